The van der Waals surface area contributed by atoms with Crippen LogP contribution in [0, 0.1) is 0 Å². The summed E-state index contributed by atoms with van der Waals surface area (Å²) in [7, 11) is 0. The van der Waals surface area contributed by atoms with Gasteiger partial charge in [0, 0.05) is 0 Å². The highest BCUT2D eigenvalue weighted by Crippen LogP contribution is 2.05. The minimum atomic E-state index is -0.773. The molecule has 1 atom stereocenters. The molecule has 2 nitrogen and oxygen atoms in total. The highest BCUT2D eigenvalue weighted by Gasteiger charge is 2.05. The lowest BCUT2D eigenvalue weighted by Crippen LogP contribution is -2.06. The molecule has 0 aliphatic heterocycles. The Morgan fingerprint density at radius 1 is 1.31 bits per heavy atom. The number of halogens is 1. The summed E-state index contributed by atoms with van der Waals surface area (Å²) in [6.45, 7) is 1.90. The van der Waals surface area contributed by atoms with E-state index in [9.17, 15) is 9.18 Å². The summed E-state index contributed by atoms with van der Waals surface area (Å²) in [6, 6.07) is 8.86. The van der Waals surface area contributed by atoms with E-state index < -0.39 is 6.17 Å². The second-order valence-electron chi connectivity index (χ2n) is 3.78. The van der Waals surface area contributed by atoms with E-state index in [4.69, 9.17) is 4.74 Å². The molecule has 1 aromatic carbocycles. The predicted octanol–water partition coefficient (Wildman–Crippen LogP) is 3.37. The van der Waals surface area contributed by atoms with Crippen LogP contribution in [0.25, 0.3) is 0 Å². The Labute approximate surface area is 95.4 Å². The van der Waals surface area contributed by atoms with Gasteiger partial charge in [-0.1, -0.05) is 18.2 Å². The Hall–Kier alpha value is -1.38. The summed E-state index contributed by atoms with van der Waals surface area (Å²) >= 11 is 0. The van der Waals surface area contributed by atoms with Gasteiger partial charge in [0.05, 0.1) is 18.3 Å². The number of carbonyl (C=O) groups excluding carboxylic acids is 1. The van der Waals surface area contributed by atoms with E-state index in [0.29, 0.717) is 25.0 Å². The molecular weight excluding hydrogens is 207 g/mol. The van der Waals surface area contributed by atoms with E-state index >= 15 is 0 Å². The van der Waals surface area contributed by atoms with Crippen molar-refractivity contribution in [3.05, 3.63) is 35.9 Å². The summed E-state index contributed by atoms with van der Waals surface area (Å²) in [6.07, 6.45) is 1.22. The average Bonchev–Trinajstić information content (AvgIpc) is 2.29. The summed E-state index contributed by atoms with van der Waals surface area (Å²) < 4.78 is 17.5. The quantitative estimate of drug-likeness (QED) is 0.547. The molecule has 0 spiro atoms. The monoisotopic (exact) mass is 224 g/mol. The van der Waals surface area contributed by atoms with E-state index in [-0.39, 0.29) is 5.97 Å². The minimum Gasteiger partial charge on any atom is -0.462 e. The van der Waals surface area contributed by atoms with E-state index in [1.807, 2.05) is 6.07 Å². The Kier molecular flexibility index (Phi) is 5.54. The Balaban J connectivity index is 2.16. The van der Waals surface area contributed by atoms with Gasteiger partial charge in [0.15, 0.2) is 0 Å². The first-order valence-electron chi connectivity index (χ1n) is 5.56. The van der Waals surface area contributed by atoms with Crippen LogP contribution < -0.4 is 0 Å². The van der Waals surface area contributed by atoms with Gasteiger partial charge in [-0.3, -0.25) is 0 Å². The largest absolute Gasteiger partial charge is 0.462 e. The SMILES string of the molecule is CC(F)CCCCOC(=O)c1ccccc1. The summed E-state index contributed by atoms with van der Waals surface area (Å²) in [5.41, 5.74) is 0.557. The van der Waals surface area contributed by atoms with Crippen molar-refractivity contribution in [3.8, 4) is 0 Å². The Morgan fingerprint density at radius 2 is 2.00 bits per heavy atom. The third-order valence-electron chi connectivity index (χ3n) is 2.24. The number of esters is 1. The van der Waals surface area contributed by atoms with Crippen molar-refractivity contribution in [3.63, 3.8) is 0 Å². The minimum absolute atomic E-state index is 0.311. The standard InChI is InChI=1S/C13H17FO2/c1-11(14)7-5-6-10-16-13(15)12-8-3-2-4-9-12/h2-4,8-9,11H,5-7,10H2,1H3. The molecule has 1 unspecified atom stereocenters. The van der Waals surface area contributed by atoms with Crippen LogP contribution >= 0.6 is 0 Å². The van der Waals surface area contributed by atoms with Gasteiger partial charge in [0.1, 0.15) is 0 Å². The number of hydrogen-bond acceptors (Lipinski definition) is 2. The zero-order valence-electron chi connectivity index (χ0n) is 9.49. The van der Waals surface area contributed by atoms with Crippen molar-refractivity contribution in [1.29, 1.82) is 0 Å². The molecule has 0 amide bonds. The lowest BCUT2D eigenvalue weighted by molar-refractivity contribution is 0.0496. The number of hydrogen-bond donors (Lipinski definition) is 0. The fraction of sp³-hybridized carbons (Fsp3) is 0.462. The third-order valence-corrected chi connectivity index (χ3v) is 2.24. The van der Waals surface area contributed by atoms with Crippen molar-refractivity contribution in [2.75, 3.05) is 6.61 Å². The van der Waals surface area contributed by atoms with E-state index in [2.05, 4.69) is 0 Å². The van der Waals surface area contributed by atoms with Gasteiger partial charge in [0.25, 0.3) is 0 Å². The van der Waals surface area contributed by atoms with Crippen LogP contribution in [-0.2, 0) is 4.74 Å². The zero-order valence-corrected chi connectivity index (χ0v) is 9.49. The molecule has 0 aliphatic rings. The maximum absolute atomic E-state index is 12.4. The van der Waals surface area contributed by atoms with Crippen LogP contribution in [0.4, 0.5) is 4.39 Å². The van der Waals surface area contributed by atoms with Gasteiger partial charge in [-0.05, 0) is 38.3 Å². The fourth-order valence-corrected chi connectivity index (χ4v) is 1.35. The fourth-order valence-electron chi connectivity index (χ4n) is 1.35. The third kappa shape index (κ3) is 4.91. The maximum Gasteiger partial charge on any atom is 0.338 e. The summed E-state index contributed by atoms with van der Waals surface area (Å²) in [5.74, 6) is -0.311. The van der Waals surface area contributed by atoms with Crippen LogP contribution in [-0.4, -0.2) is 18.7 Å². The summed E-state index contributed by atoms with van der Waals surface area (Å²) in [4.78, 5) is 11.4. The van der Waals surface area contributed by atoms with Crippen LogP contribution in [0.15, 0.2) is 30.3 Å². The maximum atomic E-state index is 12.4. The number of unbranched alkanes of at least 4 members (excludes halogenated alkanes) is 1. The van der Waals surface area contributed by atoms with Crippen molar-refractivity contribution in [1.82, 2.24) is 0 Å². The van der Waals surface area contributed by atoms with Gasteiger partial charge >= 0.3 is 5.97 Å². The van der Waals surface area contributed by atoms with E-state index in [0.717, 1.165) is 6.42 Å². The highest BCUT2D eigenvalue weighted by molar-refractivity contribution is 5.89. The summed E-state index contributed by atoms with van der Waals surface area (Å²) in [5, 5.41) is 0. The van der Waals surface area contributed by atoms with Crippen LogP contribution in [0.3, 0.4) is 0 Å². The predicted molar refractivity (Wildman–Crippen MR) is 61.1 cm³/mol. The molecule has 0 saturated carbocycles. The Bertz CT molecular complexity index is 309. The molecular formula is C13H17FO2. The van der Waals surface area contributed by atoms with Crippen LogP contribution in [0.1, 0.15) is 36.5 Å². The lowest BCUT2D eigenvalue weighted by atomic mass is 10.2. The van der Waals surface area contributed by atoms with Gasteiger partial charge < -0.3 is 4.74 Å². The van der Waals surface area contributed by atoms with E-state index in [1.54, 1.807) is 24.3 Å². The first kappa shape index (κ1) is 12.7. The zero-order chi connectivity index (χ0) is 11.8. The van der Waals surface area contributed by atoms with Crippen molar-refractivity contribution < 1.29 is 13.9 Å². The van der Waals surface area contributed by atoms with Crippen molar-refractivity contribution in [2.24, 2.45) is 0 Å². The second kappa shape index (κ2) is 6.99. The van der Waals surface area contributed by atoms with E-state index in [1.165, 1.54) is 6.92 Å². The number of rotatable bonds is 6. The smallest absolute Gasteiger partial charge is 0.338 e. The van der Waals surface area contributed by atoms with Gasteiger partial charge in [-0.2, -0.15) is 0 Å². The molecule has 0 aliphatic carbocycles. The van der Waals surface area contributed by atoms with Gasteiger partial charge in [0.2, 0.25) is 0 Å². The molecule has 0 N–H and O–H groups in total. The number of alkyl halides is 1. The normalized spacial score (nSPS) is 12.1. The highest BCUT2D eigenvalue weighted by atomic mass is 19.1. The molecule has 0 saturated heterocycles. The first-order chi connectivity index (χ1) is 7.70. The molecule has 0 heterocycles. The molecule has 88 valence electrons. The first-order valence-corrected chi connectivity index (χ1v) is 5.56. The van der Waals surface area contributed by atoms with Gasteiger partial charge in [-0.25, -0.2) is 9.18 Å². The average molecular weight is 224 g/mol. The molecule has 1 rings (SSSR count). The van der Waals surface area contributed by atoms with Crippen molar-refractivity contribution >= 4 is 5.97 Å². The van der Waals surface area contributed by atoms with Crippen LogP contribution in [0.2, 0.25) is 0 Å². The molecule has 0 radical (unpaired) electrons. The number of benzene rings is 1. The molecule has 0 aromatic heterocycles. The van der Waals surface area contributed by atoms with Crippen LogP contribution in [0.5, 0.6) is 0 Å². The molecule has 0 bridgehead atoms. The second-order valence-corrected chi connectivity index (χ2v) is 3.78. The molecule has 3 heteroatoms. The topological polar surface area (TPSA) is 26.3 Å². The van der Waals surface area contributed by atoms with Gasteiger partial charge in [-0.15, -0.1) is 0 Å². The molecule has 1 aromatic rings. The number of carbonyl (C=O) groups is 1. The van der Waals surface area contributed by atoms with Crippen molar-refractivity contribution in [2.45, 2.75) is 32.4 Å². The Morgan fingerprint density at radius 3 is 2.62 bits per heavy atom. The number of ether oxygens (including phenoxy) is 1. The molecule has 16 heavy (non-hydrogen) atoms. The molecule has 0 fully saturated rings. The lowest BCUT2D eigenvalue weighted by Gasteiger charge is -2.05.